The van der Waals surface area contributed by atoms with Crippen LogP contribution in [0.3, 0.4) is 0 Å². The Morgan fingerprint density at radius 3 is 2.81 bits per heavy atom. The molecule has 0 atom stereocenters. The second-order valence-corrected chi connectivity index (χ2v) is 3.70. The van der Waals surface area contributed by atoms with E-state index in [4.69, 9.17) is 17.3 Å². The van der Waals surface area contributed by atoms with E-state index < -0.39 is 0 Å². The van der Waals surface area contributed by atoms with Crippen LogP contribution >= 0.6 is 11.6 Å². The maximum atomic E-state index is 9.60. The number of rotatable bonds is 3. The largest absolute Gasteiger partial charge is 0.506 e. The predicted molar refractivity (Wildman–Crippen MR) is 68.0 cm³/mol. The summed E-state index contributed by atoms with van der Waals surface area (Å²) in [4.78, 5) is 3.80. The second kappa shape index (κ2) is 5.42. The molecule has 5 heteroatoms. The van der Waals surface area contributed by atoms with Crippen LogP contribution in [0.4, 0.5) is 5.69 Å². The number of hydrogen-bond acceptors (Lipinski definition) is 3. The summed E-state index contributed by atoms with van der Waals surface area (Å²) >= 11 is 5.72. The fourth-order valence-corrected chi connectivity index (χ4v) is 1.31. The number of halogens is 1. The van der Waals surface area contributed by atoms with Crippen LogP contribution in [0.1, 0.15) is 6.92 Å². The number of phenols is 1. The summed E-state index contributed by atoms with van der Waals surface area (Å²) in [5.41, 5.74) is 6.89. The van der Waals surface area contributed by atoms with E-state index >= 15 is 0 Å². The molecule has 4 nitrogen and oxygen atoms in total. The summed E-state index contributed by atoms with van der Waals surface area (Å²) in [6.07, 6.45) is 1.67. The molecule has 86 valence electrons. The standard InChI is InChI=1S/C11H14ClN3O/c1-7(5-11(13)14-2)15-9-4-3-8(12)6-10(9)16/h3-6,15-16H,1-2H3,(H2,13,14)/b7-5-. The van der Waals surface area contributed by atoms with Gasteiger partial charge in [0.05, 0.1) is 5.69 Å². The smallest absolute Gasteiger partial charge is 0.140 e. The van der Waals surface area contributed by atoms with Crippen molar-refractivity contribution in [3.63, 3.8) is 0 Å². The number of aliphatic imine (C=N–C) groups is 1. The van der Waals surface area contributed by atoms with Crippen molar-refractivity contribution in [3.05, 3.63) is 35.0 Å². The predicted octanol–water partition coefficient (Wildman–Crippen LogP) is 2.35. The number of phenolic OH excluding ortho intramolecular Hbond substituents is 1. The van der Waals surface area contributed by atoms with Gasteiger partial charge in [-0.2, -0.15) is 0 Å². The molecule has 0 radical (unpaired) electrons. The molecule has 0 unspecified atom stereocenters. The molecule has 1 aromatic rings. The summed E-state index contributed by atoms with van der Waals surface area (Å²) in [6.45, 7) is 1.83. The maximum absolute atomic E-state index is 9.60. The Morgan fingerprint density at radius 2 is 2.25 bits per heavy atom. The number of aromatic hydroxyl groups is 1. The Morgan fingerprint density at radius 1 is 1.56 bits per heavy atom. The number of anilines is 1. The van der Waals surface area contributed by atoms with Gasteiger partial charge in [-0.25, -0.2) is 0 Å². The van der Waals surface area contributed by atoms with E-state index in [9.17, 15) is 5.11 Å². The van der Waals surface area contributed by atoms with Crippen LogP contribution in [0, 0.1) is 0 Å². The quantitative estimate of drug-likeness (QED) is 0.431. The number of nitrogens with two attached hydrogens (primary N) is 1. The maximum Gasteiger partial charge on any atom is 0.140 e. The highest BCUT2D eigenvalue weighted by Gasteiger charge is 2.01. The van der Waals surface area contributed by atoms with Gasteiger partial charge in [0.15, 0.2) is 0 Å². The first-order valence-electron chi connectivity index (χ1n) is 4.69. The topological polar surface area (TPSA) is 70.6 Å². The van der Waals surface area contributed by atoms with Crippen LogP contribution < -0.4 is 11.1 Å². The monoisotopic (exact) mass is 239 g/mol. The van der Waals surface area contributed by atoms with Crippen LogP contribution in [0.15, 0.2) is 35.0 Å². The van der Waals surface area contributed by atoms with Crippen molar-refractivity contribution in [2.75, 3.05) is 12.4 Å². The highest BCUT2D eigenvalue weighted by Crippen LogP contribution is 2.27. The first kappa shape index (κ1) is 12.4. The molecule has 0 aliphatic heterocycles. The molecule has 0 amide bonds. The summed E-state index contributed by atoms with van der Waals surface area (Å²) in [5, 5.41) is 13.1. The molecule has 0 saturated carbocycles. The molecule has 1 rings (SSSR count). The summed E-state index contributed by atoms with van der Waals surface area (Å²) in [7, 11) is 1.61. The van der Waals surface area contributed by atoms with E-state index in [1.165, 1.54) is 6.07 Å². The highest BCUT2D eigenvalue weighted by molar-refractivity contribution is 6.30. The molecule has 0 aliphatic rings. The molecule has 0 aromatic heterocycles. The van der Waals surface area contributed by atoms with Crippen LogP contribution in [0.5, 0.6) is 5.75 Å². The lowest BCUT2D eigenvalue weighted by Gasteiger charge is -2.08. The summed E-state index contributed by atoms with van der Waals surface area (Å²) in [6, 6.07) is 4.84. The van der Waals surface area contributed by atoms with Gasteiger partial charge in [-0.1, -0.05) is 11.6 Å². The van der Waals surface area contributed by atoms with Crippen molar-refractivity contribution >= 4 is 23.1 Å². The van der Waals surface area contributed by atoms with E-state index in [1.807, 2.05) is 6.92 Å². The van der Waals surface area contributed by atoms with Gasteiger partial charge < -0.3 is 16.2 Å². The second-order valence-electron chi connectivity index (χ2n) is 3.26. The van der Waals surface area contributed by atoms with Crippen LogP contribution in [-0.4, -0.2) is 18.0 Å². The van der Waals surface area contributed by atoms with E-state index in [0.29, 0.717) is 16.5 Å². The van der Waals surface area contributed by atoms with Crippen LogP contribution in [0.2, 0.25) is 5.02 Å². The Hall–Kier alpha value is -1.68. The SMILES string of the molecule is CN=C(N)/C=C(/C)Nc1ccc(Cl)cc1O. The van der Waals surface area contributed by atoms with Gasteiger partial charge in [0, 0.05) is 23.8 Å². The Bertz CT molecular complexity index is 441. The van der Waals surface area contributed by atoms with Crippen molar-refractivity contribution in [1.29, 1.82) is 0 Å². The Balaban J connectivity index is 2.85. The number of hydrogen-bond donors (Lipinski definition) is 3. The lowest BCUT2D eigenvalue weighted by atomic mass is 10.2. The minimum absolute atomic E-state index is 0.0901. The van der Waals surface area contributed by atoms with Crippen molar-refractivity contribution in [3.8, 4) is 5.75 Å². The van der Waals surface area contributed by atoms with Crippen molar-refractivity contribution in [1.82, 2.24) is 0 Å². The van der Waals surface area contributed by atoms with Gasteiger partial charge in [0.1, 0.15) is 11.6 Å². The summed E-state index contributed by atoms with van der Waals surface area (Å²) in [5.74, 6) is 0.505. The third-order valence-corrected chi connectivity index (χ3v) is 2.15. The van der Waals surface area contributed by atoms with Gasteiger partial charge >= 0.3 is 0 Å². The Kier molecular flexibility index (Phi) is 4.19. The minimum Gasteiger partial charge on any atom is -0.506 e. The fourth-order valence-electron chi connectivity index (χ4n) is 1.15. The van der Waals surface area contributed by atoms with Gasteiger partial charge in [0.2, 0.25) is 0 Å². The Labute approximate surface area is 99.4 Å². The van der Waals surface area contributed by atoms with E-state index in [0.717, 1.165) is 5.70 Å². The van der Waals surface area contributed by atoms with Crippen molar-refractivity contribution < 1.29 is 5.11 Å². The number of nitrogens with one attached hydrogen (secondary N) is 1. The van der Waals surface area contributed by atoms with Gasteiger partial charge in [0.25, 0.3) is 0 Å². The molecule has 0 fully saturated rings. The third-order valence-electron chi connectivity index (χ3n) is 1.91. The molecular weight excluding hydrogens is 226 g/mol. The average molecular weight is 240 g/mol. The number of nitrogens with zero attached hydrogens (tertiary/aromatic N) is 1. The molecule has 4 N–H and O–H groups in total. The van der Waals surface area contributed by atoms with Crippen LogP contribution in [0.25, 0.3) is 0 Å². The van der Waals surface area contributed by atoms with Gasteiger partial charge in [-0.05, 0) is 25.1 Å². The van der Waals surface area contributed by atoms with Gasteiger partial charge in [-0.15, -0.1) is 0 Å². The molecule has 16 heavy (non-hydrogen) atoms. The number of amidine groups is 1. The number of allylic oxidation sites excluding steroid dienone is 1. The molecule has 0 spiro atoms. The number of benzene rings is 1. The first-order chi connectivity index (χ1) is 7.52. The lowest BCUT2D eigenvalue weighted by Crippen LogP contribution is -2.10. The zero-order valence-electron chi connectivity index (χ0n) is 9.16. The zero-order chi connectivity index (χ0) is 12.1. The molecule has 0 heterocycles. The molecule has 0 bridgehead atoms. The molecule has 1 aromatic carbocycles. The third kappa shape index (κ3) is 3.47. The van der Waals surface area contributed by atoms with E-state index in [1.54, 1.807) is 25.3 Å². The first-order valence-corrected chi connectivity index (χ1v) is 5.07. The molecule has 0 aliphatic carbocycles. The van der Waals surface area contributed by atoms with Crippen molar-refractivity contribution in [2.24, 2.45) is 10.7 Å². The average Bonchev–Trinajstić information content (AvgIpc) is 2.22. The lowest BCUT2D eigenvalue weighted by molar-refractivity contribution is 0.477. The fraction of sp³-hybridized carbons (Fsp3) is 0.182. The van der Waals surface area contributed by atoms with Crippen LogP contribution in [-0.2, 0) is 0 Å². The molecule has 0 saturated heterocycles. The normalized spacial score (nSPS) is 12.7. The van der Waals surface area contributed by atoms with E-state index in [-0.39, 0.29) is 5.75 Å². The summed E-state index contributed by atoms with van der Waals surface area (Å²) < 4.78 is 0. The van der Waals surface area contributed by atoms with Gasteiger partial charge in [-0.3, -0.25) is 4.99 Å². The van der Waals surface area contributed by atoms with Crippen molar-refractivity contribution in [2.45, 2.75) is 6.92 Å². The molecular formula is C11H14ClN3O. The zero-order valence-corrected chi connectivity index (χ0v) is 9.92. The van der Waals surface area contributed by atoms with E-state index in [2.05, 4.69) is 10.3 Å². The highest BCUT2D eigenvalue weighted by atomic mass is 35.5. The minimum atomic E-state index is 0.0901.